The Hall–Kier alpha value is -4.06. The molecule has 1 aromatic carbocycles. The van der Waals surface area contributed by atoms with E-state index >= 15 is 0 Å². The number of rotatable bonds is 4. The molecule has 0 saturated carbocycles. The van der Waals surface area contributed by atoms with Crippen LogP contribution in [0.2, 0.25) is 0 Å². The van der Waals surface area contributed by atoms with Gasteiger partial charge in [0.1, 0.15) is 0 Å². The fourth-order valence-corrected chi connectivity index (χ4v) is 3.14. The molecule has 0 aliphatic carbocycles. The summed E-state index contributed by atoms with van der Waals surface area (Å²) in [5.41, 5.74) is 7.87. The molecule has 2 N–H and O–H groups in total. The van der Waals surface area contributed by atoms with Crippen LogP contribution in [0.1, 0.15) is 0 Å². The maximum absolute atomic E-state index is 4.47. The Labute approximate surface area is 161 Å². The summed E-state index contributed by atoms with van der Waals surface area (Å²) in [7, 11) is 0. The Bertz CT molecular complexity index is 1120. The van der Waals surface area contributed by atoms with E-state index in [9.17, 15) is 0 Å². The van der Waals surface area contributed by atoms with Gasteiger partial charge in [0.25, 0.3) is 0 Å². The lowest BCUT2D eigenvalue weighted by Gasteiger charge is -2.00. The highest BCUT2D eigenvalue weighted by Gasteiger charge is 2.10. The van der Waals surface area contributed by atoms with Crippen LogP contribution in [-0.4, -0.2) is 30.4 Å². The van der Waals surface area contributed by atoms with Crippen molar-refractivity contribution in [2.24, 2.45) is 0 Å². The van der Waals surface area contributed by atoms with E-state index in [1.165, 1.54) is 0 Å². The summed E-state index contributed by atoms with van der Waals surface area (Å²) < 4.78 is 0. The van der Waals surface area contributed by atoms with Gasteiger partial charge in [0.05, 0.1) is 22.8 Å². The van der Waals surface area contributed by atoms with Crippen LogP contribution in [-0.2, 0) is 0 Å². The number of aromatic amines is 2. The Morgan fingerprint density at radius 3 is 1.43 bits per heavy atom. The summed E-state index contributed by atoms with van der Waals surface area (Å²) in [4.78, 5) is 8.11. The topological polar surface area (TPSA) is 83.1 Å². The standard InChI is InChI=1S/C22H16N6/c1-2-17(21-13-19(25-27-21)15-4-8-23-9-5-15)12-18(3-1)22-14-20(26-28-22)16-6-10-24-11-7-16/h1-14H,(H,25,27)(H,26,28). The molecule has 0 fully saturated rings. The molecule has 0 aliphatic rings. The summed E-state index contributed by atoms with van der Waals surface area (Å²) in [6, 6.07) is 20.1. The van der Waals surface area contributed by atoms with Crippen molar-refractivity contribution in [2.75, 3.05) is 0 Å². The van der Waals surface area contributed by atoms with E-state index in [0.717, 1.165) is 45.0 Å². The van der Waals surface area contributed by atoms with Crippen molar-refractivity contribution in [2.45, 2.75) is 0 Å². The summed E-state index contributed by atoms with van der Waals surface area (Å²) in [6.45, 7) is 0. The zero-order valence-electron chi connectivity index (χ0n) is 14.9. The zero-order chi connectivity index (χ0) is 18.8. The number of benzene rings is 1. The Morgan fingerprint density at radius 2 is 0.964 bits per heavy atom. The molecule has 5 rings (SSSR count). The first-order chi connectivity index (χ1) is 13.9. The normalized spacial score (nSPS) is 10.9. The quantitative estimate of drug-likeness (QED) is 0.488. The minimum atomic E-state index is 0.888. The molecule has 0 atom stereocenters. The number of hydrogen-bond acceptors (Lipinski definition) is 4. The van der Waals surface area contributed by atoms with Gasteiger partial charge in [0.2, 0.25) is 0 Å². The van der Waals surface area contributed by atoms with Gasteiger partial charge in [-0.3, -0.25) is 20.2 Å². The molecule has 0 radical (unpaired) electrons. The van der Waals surface area contributed by atoms with Crippen molar-refractivity contribution in [1.82, 2.24) is 30.4 Å². The molecule has 4 heterocycles. The van der Waals surface area contributed by atoms with Gasteiger partial charge in [-0.15, -0.1) is 0 Å². The zero-order valence-corrected chi connectivity index (χ0v) is 14.9. The SMILES string of the molecule is c1cc(-c2cc(-c3ccncc3)[nH]n2)cc(-c2cc(-c3ccncc3)[nH]n2)c1. The first kappa shape index (κ1) is 16.1. The van der Waals surface area contributed by atoms with E-state index in [0.29, 0.717) is 0 Å². The summed E-state index contributed by atoms with van der Waals surface area (Å²) in [5, 5.41) is 15.1. The third-order valence-corrected chi connectivity index (χ3v) is 4.59. The Balaban J connectivity index is 1.46. The van der Waals surface area contributed by atoms with Gasteiger partial charge in [-0.25, -0.2) is 0 Å². The average molecular weight is 364 g/mol. The molecule has 0 bridgehead atoms. The maximum atomic E-state index is 4.47. The third-order valence-electron chi connectivity index (χ3n) is 4.59. The Kier molecular flexibility index (Phi) is 3.99. The van der Waals surface area contributed by atoms with E-state index < -0.39 is 0 Å². The van der Waals surface area contributed by atoms with Crippen LogP contribution in [0.15, 0.2) is 85.5 Å². The number of aromatic nitrogens is 6. The first-order valence-electron chi connectivity index (χ1n) is 8.89. The molecule has 0 saturated heterocycles. The summed E-state index contributed by atoms with van der Waals surface area (Å²) >= 11 is 0. The predicted octanol–water partition coefficient (Wildman–Crippen LogP) is 4.59. The Morgan fingerprint density at radius 1 is 0.500 bits per heavy atom. The molecule has 0 unspecified atom stereocenters. The number of pyridine rings is 2. The van der Waals surface area contributed by atoms with E-state index in [4.69, 9.17) is 0 Å². The maximum Gasteiger partial charge on any atom is 0.0927 e. The van der Waals surface area contributed by atoms with Gasteiger partial charge >= 0.3 is 0 Å². The highest BCUT2D eigenvalue weighted by Crippen LogP contribution is 2.28. The van der Waals surface area contributed by atoms with Crippen LogP contribution in [0, 0.1) is 0 Å². The lowest BCUT2D eigenvalue weighted by molar-refractivity contribution is 1.09. The second-order valence-electron chi connectivity index (χ2n) is 6.39. The fourth-order valence-electron chi connectivity index (χ4n) is 3.14. The molecule has 0 spiro atoms. The summed E-state index contributed by atoms with van der Waals surface area (Å²) in [6.07, 6.45) is 7.09. The van der Waals surface area contributed by atoms with Crippen molar-refractivity contribution in [3.8, 4) is 45.0 Å². The fraction of sp³-hybridized carbons (Fsp3) is 0. The van der Waals surface area contributed by atoms with Crippen LogP contribution in [0.3, 0.4) is 0 Å². The molecular formula is C22H16N6. The van der Waals surface area contributed by atoms with Crippen molar-refractivity contribution in [3.05, 3.63) is 85.5 Å². The largest absolute Gasteiger partial charge is 0.277 e. The number of nitrogens with one attached hydrogen (secondary N) is 2. The average Bonchev–Trinajstić information content (AvgIpc) is 3.46. The third kappa shape index (κ3) is 3.07. The first-order valence-corrected chi connectivity index (χ1v) is 8.89. The van der Waals surface area contributed by atoms with Crippen LogP contribution < -0.4 is 0 Å². The minimum absolute atomic E-state index is 0.888. The van der Waals surface area contributed by atoms with Gasteiger partial charge in [0, 0.05) is 47.0 Å². The van der Waals surface area contributed by atoms with Gasteiger partial charge in [-0.05, 0) is 42.5 Å². The lowest BCUT2D eigenvalue weighted by atomic mass is 10.0. The molecule has 6 nitrogen and oxygen atoms in total. The molecule has 6 heteroatoms. The number of nitrogens with zero attached hydrogens (tertiary/aromatic N) is 4. The second-order valence-corrected chi connectivity index (χ2v) is 6.39. The molecule has 28 heavy (non-hydrogen) atoms. The predicted molar refractivity (Wildman–Crippen MR) is 108 cm³/mol. The molecule has 134 valence electrons. The van der Waals surface area contributed by atoms with Crippen molar-refractivity contribution in [3.63, 3.8) is 0 Å². The molecule has 0 amide bonds. The monoisotopic (exact) mass is 364 g/mol. The van der Waals surface area contributed by atoms with E-state index in [-0.39, 0.29) is 0 Å². The van der Waals surface area contributed by atoms with Gasteiger partial charge in [-0.1, -0.05) is 18.2 Å². The van der Waals surface area contributed by atoms with Crippen molar-refractivity contribution >= 4 is 0 Å². The van der Waals surface area contributed by atoms with Crippen LogP contribution in [0.5, 0.6) is 0 Å². The van der Waals surface area contributed by atoms with Crippen molar-refractivity contribution < 1.29 is 0 Å². The van der Waals surface area contributed by atoms with Crippen LogP contribution >= 0.6 is 0 Å². The highest BCUT2D eigenvalue weighted by atomic mass is 15.1. The minimum Gasteiger partial charge on any atom is -0.277 e. The van der Waals surface area contributed by atoms with Crippen LogP contribution in [0.25, 0.3) is 45.0 Å². The van der Waals surface area contributed by atoms with Gasteiger partial charge < -0.3 is 0 Å². The van der Waals surface area contributed by atoms with E-state index in [1.807, 2.05) is 54.6 Å². The van der Waals surface area contributed by atoms with Gasteiger partial charge in [-0.2, -0.15) is 10.2 Å². The number of H-pyrrole nitrogens is 2. The molecule has 4 aromatic heterocycles. The smallest absolute Gasteiger partial charge is 0.0927 e. The van der Waals surface area contributed by atoms with E-state index in [1.54, 1.807) is 24.8 Å². The van der Waals surface area contributed by atoms with Crippen LogP contribution in [0.4, 0.5) is 0 Å². The molecule has 5 aromatic rings. The van der Waals surface area contributed by atoms with Gasteiger partial charge in [0.15, 0.2) is 0 Å². The molecular weight excluding hydrogens is 348 g/mol. The highest BCUT2D eigenvalue weighted by molar-refractivity contribution is 5.74. The number of hydrogen-bond donors (Lipinski definition) is 2. The van der Waals surface area contributed by atoms with Crippen molar-refractivity contribution in [1.29, 1.82) is 0 Å². The summed E-state index contributed by atoms with van der Waals surface area (Å²) in [5.74, 6) is 0. The second kappa shape index (κ2) is 6.92. The molecule has 0 aliphatic heterocycles. The van der Waals surface area contributed by atoms with E-state index in [2.05, 4.69) is 36.4 Å². The lowest BCUT2D eigenvalue weighted by Crippen LogP contribution is -1.82.